The zero-order valence-electron chi connectivity index (χ0n) is 20.3. The van der Waals surface area contributed by atoms with Crippen LogP contribution < -0.4 is 25.5 Å². The number of hydrogen-bond donors (Lipinski definition) is 3. The molecule has 9 nitrogen and oxygen atoms in total. The molecule has 3 rings (SSSR count). The number of carbonyl (C=O) groups excluding carboxylic acids is 3. The summed E-state index contributed by atoms with van der Waals surface area (Å²) >= 11 is 6.00. The Morgan fingerprint density at radius 3 is 2.44 bits per heavy atom. The second kappa shape index (κ2) is 13.3. The number of methoxy groups -OCH3 is 1. The van der Waals surface area contributed by atoms with Crippen LogP contribution in [0.15, 0.2) is 71.8 Å². The minimum atomic E-state index is -4.55. The molecule has 0 radical (unpaired) electrons. The van der Waals surface area contributed by atoms with Gasteiger partial charge < -0.3 is 20.1 Å². The lowest BCUT2D eigenvalue weighted by Gasteiger charge is -2.11. The molecule has 0 saturated carbocycles. The van der Waals surface area contributed by atoms with Crippen LogP contribution in [0.25, 0.3) is 0 Å². The van der Waals surface area contributed by atoms with E-state index in [-0.39, 0.29) is 23.5 Å². The summed E-state index contributed by atoms with van der Waals surface area (Å²) in [6.07, 6.45) is -3.40. The standard InChI is InChI=1S/C26H22ClF3N4O5/c1-38-21-8-5-16(6-9-21)13-31-24(36)25(37)34-32-14-17-11-19(27)7-10-22(17)39-15-23(35)33-20-4-2-3-18(12-20)26(28,29)30/h2-12,14H,13,15H2,1H3,(H,31,36)(H,33,35)(H,34,37)/b32-14-. The Kier molecular flexibility index (Phi) is 9.87. The van der Waals surface area contributed by atoms with E-state index in [9.17, 15) is 27.6 Å². The van der Waals surface area contributed by atoms with E-state index in [1.54, 1.807) is 24.3 Å². The van der Waals surface area contributed by atoms with E-state index in [4.69, 9.17) is 21.1 Å². The molecular weight excluding hydrogens is 541 g/mol. The zero-order chi connectivity index (χ0) is 28.4. The van der Waals surface area contributed by atoms with Gasteiger partial charge in [-0.3, -0.25) is 14.4 Å². The Hall–Kier alpha value is -4.58. The molecule has 3 aromatic carbocycles. The van der Waals surface area contributed by atoms with Crippen LogP contribution in [0.1, 0.15) is 16.7 Å². The minimum absolute atomic E-state index is 0.0516. The lowest BCUT2D eigenvalue weighted by molar-refractivity contribution is -0.139. The second-order valence-electron chi connectivity index (χ2n) is 7.83. The summed E-state index contributed by atoms with van der Waals surface area (Å²) in [6.45, 7) is -0.437. The van der Waals surface area contributed by atoms with Crippen molar-refractivity contribution in [3.05, 3.63) is 88.4 Å². The summed E-state index contributed by atoms with van der Waals surface area (Å²) in [5.41, 5.74) is 2.12. The fourth-order valence-electron chi connectivity index (χ4n) is 3.08. The van der Waals surface area contributed by atoms with Gasteiger partial charge in [-0.15, -0.1) is 0 Å². The van der Waals surface area contributed by atoms with E-state index in [0.29, 0.717) is 10.8 Å². The average Bonchev–Trinajstić information content (AvgIpc) is 2.91. The topological polar surface area (TPSA) is 118 Å². The van der Waals surface area contributed by atoms with Gasteiger partial charge in [-0.05, 0) is 54.1 Å². The molecule has 204 valence electrons. The third-order valence-electron chi connectivity index (χ3n) is 4.99. The molecule has 0 aromatic heterocycles. The highest BCUT2D eigenvalue weighted by Gasteiger charge is 2.30. The van der Waals surface area contributed by atoms with Crippen molar-refractivity contribution in [3.63, 3.8) is 0 Å². The van der Waals surface area contributed by atoms with Gasteiger partial charge in [-0.25, -0.2) is 5.43 Å². The van der Waals surface area contributed by atoms with Crippen molar-refractivity contribution in [1.29, 1.82) is 0 Å². The van der Waals surface area contributed by atoms with Gasteiger partial charge in [0.15, 0.2) is 6.61 Å². The number of carbonyl (C=O) groups is 3. The molecule has 0 aliphatic rings. The molecule has 0 aliphatic heterocycles. The number of halogens is 4. The second-order valence-corrected chi connectivity index (χ2v) is 8.26. The Morgan fingerprint density at radius 2 is 1.74 bits per heavy atom. The number of nitrogens with one attached hydrogen (secondary N) is 3. The smallest absolute Gasteiger partial charge is 0.416 e. The molecule has 0 unspecified atom stereocenters. The fourth-order valence-corrected chi connectivity index (χ4v) is 3.26. The van der Waals surface area contributed by atoms with Crippen molar-refractivity contribution < 1.29 is 37.0 Å². The number of rotatable bonds is 9. The van der Waals surface area contributed by atoms with Gasteiger partial charge in [0.2, 0.25) is 0 Å². The number of nitrogens with zero attached hydrogens (tertiary/aromatic N) is 1. The lowest BCUT2D eigenvalue weighted by atomic mass is 10.2. The summed E-state index contributed by atoms with van der Waals surface area (Å²) in [6, 6.07) is 15.4. The predicted octanol–water partition coefficient (Wildman–Crippen LogP) is 4.15. The van der Waals surface area contributed by atoms with Crippen molar-refractivity contribution >= 4 is 41.2 Å². The maximum Gasteiger partial charge on any atom is 0.416 e. The number of benzene rings is 3. The highest BCUT2D eigenvalue weighted by atomic mass is 35.5. The number of hydrazone groups is 1. The van der Waals surface area contributed by atoms with E-state index in [2.05, 4.69) is 21.2 Å². The largest absolute Gasteiger partial charge is 0.497 e. The zero-order valence-corrected chi connectivity index (χ0v) is 21.1. The molecule has 0 fully saturated rings. The Bertz CT molecular complexity index is 1360. The molecule has 0 aliphatic carbocycles. The average molecular weight is 563 g/mol. The first kappa shape index (κ1) is 29.0. The Labute approximate surface area is 225 Å². The van der Waals surface area contributed by atoms with Gasteiger partial charge in [-0.2, -0.15) is 18.3 Å². The molecule has 3 aromatic rings. The van der Waals surface area contributed by atoms with Gasteiger partial charge in [0.25, 0.3) is 5.91 Å². The van der Waals surface area contributed by atoms with Crippen LogP contribution in [0.3, 0.4) is 0 Å². The van der Waals surface area contributed by atoms with Crippen LogP contribution in [0.5, 0.6) is 11.5 Å². The van der Waals surface area contributed by atoms with Gasteiger partial charge in [0.1, 0.15) is 11.5 Å². The molecule has 0 saturated heterocycles. The van der Waals surface area contributed by atoms with Crippen molar-refractivity contribution in [2.75, 3.05) is 19.0 Å². The molecule has 0 heterocycles. The van der Waals surface area contributed by atoms with Gasteiger partial charge in [-0.1, -0.05) is 29.8 Å². The fraction of sp³-hybridized carbons (Fsp3) is 0.154. The molecule has 0 spiro atoms. The van der Waals surface area contributed by atoms with E-state index in [1.807, 2.05) is 0 Å². The third-order valence-corrected chi connectivity index (χ3v) is 5.23. The minimum Gasteiger partial charge on any atom is -0.497 e. The number of ether oxygens (including phenoxy) is 2. The molecule has 39 heavy (non-hydrogen) atoms. The SMILES string of the molecule is COc1ccc(CNC(=O)C(=O)N/N=C\c2cc(Cl)ccc2OCC(=O)Nc2cccc(C(F)(F)F)c2)cc1. The van der Waals surface area contributed by atoms with E-state index < -0.39 is 36.1 Å². The summed E-state index contributed by atoms with van der Waals surface area (Å²) in [5, 5.41) is 8.79. The van der Waals surface area contributed by atoms with Gasteiger partial charge in [0.05, 0.1) is 18.9 Å². The first-order chi connectivity index (χ1) is 18.5. The van der Waals surface area contributed by atoms with Crippen LogP contribution >= 0.6 is 11.6 Å². The van der Waals surface area contributed by atoms with Gasteiger partial charge in [0, 0.05) is 22.8 Å². The molecule has 13 heteroatoms. The molecule has 0 atom stereocenters. The normalized spacial score (nSPS) is 11.1. The van der Waals surface area contributed by atoms with Crippen molar-refractivity contribution in [2.45, 2.75) is 12.7 Å². The summed E-state index contributed by atoms with van der Waals surface area (Å²) in [7, 11) is 1.53. The first-order valence-corrected chi connectivity index (χ1v) is 11.6. The van der Waals surface area contributed by atoms with Crippen LogP contribution in [0.4, 0.5) is 18.9 Å². The van der Waals surface area contributed by atoms with Crippen LogP contribution in [0.2, 0.25) is 5.02 Å². The lowest BCUT2D eigenvalue weighted by Crippen LogP contribution is -2.37. The summed E-state index contributed by atoms with van der Waals surface area (Å²) < 4.78 is 49.1. The predicted molar refractivity (Wildman–Crippen MR) is 138 cm³/mol. The number of alkyl halides is 3. The number of amides is 3. The van der Waals surface area contributed by atoms with E-state index >= 15 is 0 Å². The van der Waals surface area contributed by atoms with Crippen molar-refractivity contribution in [1.82, 2.24) is 10.7 Å². The van der Waals surface area contributed by atoms with E-state index in [1.165, 1.54) is 37.4 Å². The van der Waals surface area contributed by atoms with Crippen LogP contribution in [0, 0.1) is 0 Å². The third kappa shape index (κ3) is 9.04. The maximum absolute atomic E-state index is 12.9. The monoisotopic (exact) mass is 562 g/mol. The molecule has 0 bridgehead atoms. The molecule has 3 amide bonds. The van der Waals surface area contributed by atoms with Crippen molar-refractivity contribution in [3.8, 4) is 11.5 Å². The van der Waals surface area contributed by atoms with Crippen molar-refractivity contribution in [2.24, 2.45) is 5.10 Å². The highest BCUT2D eigenvalue weighted by molar-refractivity contribution is 6.35. The Balaban J connectivity index is 1.54. The summed E-state index contributed by atoms with van der Waals surface area (Å²) in [5.74, 6) is -1.87. The highest BCUT2D eigenvalue weighted by Crippen LogP contribution is 2.30. The molecule has 3 N–H and O–H groups in total. The number of hydrogen-bond acceptors (Lipinski definition) is 6. The number of anilines is 1. The van der Waals surface area contributed by atoms with E-state index in [0.717, 1.165) is 23.9 Å². The molecular formula is C26H22ClF3N4O5. The van der Waals surface area contributed by atoms with Gasteiger partial charge >= 0.3 is 18.0 Å². The quantitative estimate of drug-likeness (QED) is 0.206. The maximum atomic E-state index is 12.9. The summed E-state index contributed by atoms with van der Waals surface area (Å²) in [4.78, 5) is 36.3. The van der Waals surface area contributed by atoms with Crippen LogP contribution in [-0.4, -0.2) is 37.7 Å². The van der Waals surface area contributed by atoms with Crippen LogP contribution in [-0.2, 0) is 27.1 Å². The first-order valence-electron chi connectivity index (χ1n) is 11.2. The Morgan fingerprint density at radius 1 is 1.00 bits per heavy atom.